The zero-order valence-corrected chi connectivity index (χ0v) is 18.1. The Morgan fingerprint density at radius 2 is 1.87 bits per heavy atom. The van der Waals surface area contributed by atoms with Crippen LogP contribution in [-0.4, -0.2) is 39.2 Å². The molecule has 1 amide bonds. The second kappa shape index (κ2) is 9.34. The van der Waals surface area contributed by atoms with E-state index in [0.29, 0.717) is 6.42 Å². The molecule has 3 aromatic rings. The van der Waals surface area contributed by atoms with Crippen LogP contribution in [0.2, 0.25) is 0 Å². The zero-order chi connectivity index (χ0) is 20.9. The highest BCUT2D eigenvalue weighted by Crippen LogP contribution is 2.33. The third kappa shape index (κ3) is 4.51. The van der Waals surface area contributed by atoms with Crippen LogP contribution in [0.3, 0.4) is 0 Å². The Kier molecular flexibility index (Phi) is 6.38. The van der Waals surface area contributed by atoms with Gasteiger partial charge in [0.05, 0.1) is 19.6 Å². The van der Waals surface area contributed by atoms with Gasteiger partial charge in [0.1, 0.15) is 5.75 Å². The molecule has 2 aromatic carbocycles. The van der Waals surface area contributed by atoms with Gasteiger partial charge in [-0.25, -0.2) is 0 Å². The Hall–Kier alpha value is -2.80. The average molecular weight is 423 g/mol. The predicted molar refractivity (Wildman–Crippen MR) is 117 cm³/mol. The van der Waals surface area contributed by atoms with Gasteiger partial charge in [0.15, 0.2) is 11.0 Å². The van der Waals surface area contributed by atoms with Crippen molar-refractivity contribution in [2.75, 3.05) is 13.7 Å². The number of nitrogens with zero attached hydrogens (tertiary/aromatic N) is 4. The van der Waals surface area contributed by atoms with E-state index in [2.05, 4.69) is 22.3 Å². The first-order valence-electron chi connectivity index (χ1n) is 10.1. The molecule has 1 fully saturated rings. The van der Waals surface area contributed by atoms with Crippen molar-refractivity contribution in [2.45, 2.75) is 36.2 Å². The Morgan fingerprint density at radius 1 is 1.10 bits per heavy atom. The van der Waals surface area contributed by atoms with Gasteiger partial charge in [0, 0.05) is 19.3 Å². The first kappa shape index (κ1) is 20.5. The molecule has 4 rings (SSSR count). The number of benzene rings is 2. The number of carbonyl (C=O) groups is 1. The smallest absolute Gasteiger partial charge is 0.227 e. The zero-order valence-electron chi connectivity index (χ0n) is 17.3. The molecule has 0 spiro atoms. The van der Waals surface area contributed by atoms with E-state index >= 15 is 0 Å². The maximum Gasteiger partial charge on any atom is 0.227 e. The molecule has 30 heavy (non-hydrogen) atoms. The van der Waals surface area contributed by atoms with Gasteiger partial charge in [0.25, 0.3) is 0 Å². The molecule has 0 saturated carbocycles. The second-order valence-electron chi connectivity index (χ2n) is 7.44. The third-order valence-electron chi connectivity index (χ3n) is 5.46. The van der Waals surface area contributed by atoms with Crippen LogP contribution >= 0.6 is 11.8 Å². The summed E-state index contributed by atoms with van der Waals surface area (Å²) in [4.78, 5) is 15.0. The first-order chi connectivity index (χ1) is 14.7. The first-order valence-corrected chi connectivity index (χ1v) is 11.1. The highest BCUT2D eigenvalue weighted by molar-refractivity contribution is 7.98. The van der Waals surface area contributed by atoms with Crippen molar-refractivity contribution in [3.63, 3.8) is 0 Å². The van der Waals surface area contributed by atoms with Crippen LogP contribution in [0.15, 0.2) is 59.8 Å². The number of amides is 1. The lowest BCUT2D eigenvalue weighted by Gasteiger charge is -2.24. The van der Waals surface area contributed by atoms with Gasteiger partial charge >= 0.3 is 0 Å². The van der Waals surface area contributed by atoms with Gasteiger partial charge in [-0.3, -0.25) is 4.79 Å². The fourth-order valence-electron chi connectivity index (χ4n) is 3.82. The van der Waals surface area contributed by atoms with Gasteiger partial charge in [-0.2, -0.15) is 0 Å². The Bertz CT molecular complexity index is 988. The molecule has 1 atom stereocenters. The molecule has 7 heteroatoms. The number of hydrogen-bond acceptors (Lipinski definition) is 5. The number of methoxy groups -OCH3 is 1. The number of carbonyl (C=O) groups excluding carboxylic acids is 1. The minimum Gasteiger partial charge on any atom is -0.497 e. The van der Waals surface area contributed by atoms with Crippen molar-refractivity contribution in [3.05, 3.63) is 71.5 Å². The van der Waals surface area contributed by atoms with Crippen LogP contribution in [0, 0.1) is 0 Å². The maximum atomic E-state index is 13.0. The SMILES string of the molecule is COc1ccc(CC(=O)N2CCC[C@@H]2c2nnc(SCc3ccccc3)n2C)cc1. The van der Waals surface area contributed by atoms with E-state index in [1.807, 2.05) is 59.0 Å². The topological polar surface area (TPSA) is 60.2 Å². The fraction of sp³-hybridized carbons (Fsp3) is 0.348. The molecular weight excluding hydrogens is 396 g/mol. The van der Waals surface area contributed by atoms with E-state index in [1.165, 1.54) is 5.56 Å². The van der Waals surface area contributed by atoms with Crippen LogP contribution in [-0.2, 0) is 24.0 Å². The largest absolute Gasteiger partial charge is 0.497 e. The standard InChI is InChI=1S/C23H26N4O2S/c1-26-22(24-25-23(26)30-16-18-7-4-3-5-8-18)20-9-6-14-27(20)21(28)15-17-10-12-19(29-2)13-11-17/h3-5,7-8,10-13,20H,6,9,14-16H2,1-2H3/t20-/m1/s1. The Labute approximate surface area is 181 Å². The maximum absolute atomic E-state index is 13.0. The van der Waals surface area contributed by atoms with Gasteiger partial charge in [-0.1, -0.05) is 54.2 Å². The van der Waals surface area contributed by atoms with Crippen molar-refractivity contribution in [1.82, 2.24) is 19.7 Å². The molecule has 156 valence electrons. The number of likely N-dealkylation sites (tertiary alicyclic amines) is 1. The minimum atomic E-state index is -0.0145. The van der Waals surface area contributed by atoms with E-state index in [-0.39, 0.29) is 11.9 Å². The number of ether oxygens (including phenoxy) is 1. The van der Waals surface area contributed by atoms with Crippen LogP contribution in [0.25, 0.3) is 0 Å². The summed E-state index contributed by atoms with van der Waals surface area (Å²) in [5.41, 5.74) is 2.24. The van der Waals surface area contributed by atoms with Crippen molar-refractivity contribution < 1.29 is 9.53 Å². The summed E-state index contributed by atoms with van der Waals surface area (Å²) in [6.45, 7) is 0.763. The van der Waals surface area contributed by atoms with Crippen LogP contribution in [0.1, 0.15) is 35.8 Å². The average Bonchev–Trinajstić information content (AvgIpc) is 3.40. The van der Waals surface area contributed by atoms with E-state index in [9.17, 15) is 4.79 Å². The molecule has 2 heterocycles. The van der Waals surface area contributed by atoms with Crippen molar-refractivity contribution >= 4 is 17.7 Å². The van der Waals surface area contributed by atoms with E-state index < -0.39 is 0 Å². The van der Waals surface area contributed by atoms with Crippen molar-refractivity contribution in [1.29, 1.82) is 0 Å². The Morgan fingerprint density at radius 3 is 2.60 bits per heavy atom. The molecule has 1 aliphatic rings. The normalized spacial score (nSPS) is 16.1. The van der Waals surface area contributed by atoms with Gasteiger partial charge in [-0.05, 0) is 36.1 Å². The molecule has 1 saturated heterocycles. The molecule has 1 aromatic heterocycles. The van der Waals surface area contributed by atoms with Gasteiger partial charge in [0.2, 0.25) is 5.91 Å². The van der Waals surface area contributed by atoms with Gasteiger partial charge in [-0.15, -0.1) is 10.2 Å². The fourth-order valence-corrected chi connectivity index (χ4v) is 4.69. The molecule has 1 aliphatic heterocycles. The molecule has 6 nitrogen and oxygen atoms in total. The van der Waals surface area contributed by atoms with Crippen LogP contribution in [0.5, 0.6) is 5.75 Å². The summed E-state index contributed by atoms with van der Waals surface area (Å²) in [5, 5.41) is 9.73. The number of hydrogen-bond donors (Lipinski definition) is 0. The lowest BCUT2D eigenvalue weighted by atomic mass is 10.1. The lowest BCUT2D eigenvalue weighted by molar-refractivity contribution is -0.131. The number of thioether (sulfide) groups is 1. The highest BCUT2D eigenvalue weighted by Gasteiger charge is 2.33. The predicted octanol–water partition coefficient (Wildman–Crippen LogP) is 4.02. The van der Waals surface area contributed by atoms with Crippen molar-refractivity contribution in [2.24, 2.45) is 7.05 Å². The summed E-state index contributed by atoms with van der Waals surface area (Å²) in [5.74, 6) is 2.64. The van der Waals surface area contributed by atoms with E-state index in [4.69, 9.17) is 4.74 Å². The monoisotopic (exact) mass is 422 g/mol. The second-order valence-corrected chi connectivity index (χ2v) is 8.39. The van der Waals surface area contributed by atoms with Crippen LogP contribution in [0.4, 0.5) is 0 Å². The van der Waals surface area contributed by atoms with E-state index in [1.54, 1.807) is 18.9 Å². The van der Waals surface area contributed by atoms with Crippen molar-refractivity contribution in [3.8, 4) is 5.75 Å². The molecule has 0 aliphatic carbocycles. The summed E-state index contributed by atoms with van der Waals surface area (Å²) in [6, 6.07) is 18.0. The van der Waals surface area contributed by atoms with Gasteiger partial charge < -0.3 is 14.2 Å². The summed E-state index contributed by atoms with van der Waals surface area (Å²) < 4.78 is 7.24. The lowest BCUT2D eigenvalue weighted by Crippen LogP contribution is -2.33. The summed E-state index contributed by atoms with van der Waals surface area (Å²) in [6.07, 6.45) is 2.29. The minimum absolute atomic E-state index is 0.0145. The molecule has 0 bridgehead atoms. The number of rotatable bonds is 7. The molecule has 0 radical (unpaired) electrons. The summed E-state index contributed by atoms with van der Waals surface area (Å²) >= 11 is 1.67. The summed E-state index contributed by atoms with van der Waals surface area (Å²) in [7, 11) is 3.63. The molecule has 0 N–H and O–H groups in total. The third-order valence-corrected chi connectivity index (χ3v) is 6.56. The highest BCUT2D eigenvalue weighted by atomic mass is 32.2. The number of aromatic nitrogens is 3. The molecule has 0 unspecified atom stereocenters. The van der Waals surface area contributed by atoms with Crippen LogP contribution < -0.4 is 4.74 Å². The Balaban J connectivity index is 1.43. The quantitative estimate of drug-likeness (QED) is 0.538. The van der Waals surface area contributed by atoms with E-state index in [0.717, 1.165) is 47.4 Å². The molecular formula is C23H26N4O2S.